The molecule has 1 atom stereocenters. The highest BCUT2D eigenvalue weighted by molar-refractivity contribution is 6.06. The monoisotopic (exact) mass is 547 g/mol. The zero-order valence-electron chi connectivity index (χ0n) is 21.5. The first-order valence-corrected chi connectivity index (χ1v) is 12.4. The van der Waals surface area contributed by atoms with Crippen LogP contribution in [-0.4, -0.2) is 34.0 Å². The van der Waals surface area contributed by atoms with E-state index in [9.17, 15) is 22.8 Å². The average molecular weight is 548 g/mol. The van der Waals surface area contributed by atoms with E-state index in [-0.39, 0.29) is 12.3 Å². The van der Waals surface area contributed by atoms with Gasteiger partial charge in [0.05, 0.1) is 5.52 Å². The smallest absolute Gasteiger partial charge is 0.479 e. The molecule has 0 fully saturated rings. The maximum atomic E-state index is 13.8. The predicted molar refractivity (Wildman–Crippen MR) is 144 cm³/mol. The Bertz CT molecular complexity index is 1760. The lowest BCUT2D eigenvalue weighted by Crippen LogP contribution is -2.22. The Balaban J connectivity index is 1.61. The van der Waals surface area contributed by atoms with Gasteiger partial charge in [-0.1, -0.05) is 42.5 Å². The van der Waals surface area contributed by atoms with Crippen LogP contribution in [0.2, 0.25) is 0 Å². The molecular weight excluding hydrogens is 523 g/mol. The van der Waals surface area contributed by atoms with E-state index in [4.69, 9.17) is 9.84 Å². The summed E-state index contributed by atoms with van der Waals surface area (Å²) in [5, 5.41) is 11.5. The number of aromatic nitrogens is 1. The highest BCUT2D eigenvalue weighted by Crippen LogP contribution is 2.34. The van der Waals surface area contributed by atoms with Crippen molar-refractivity contribution in [1.82, 2.24) is 4.57 Å². The number of ether oxygens (including phenoxy) is 2. The van der Waals surface area contributed by atoms with E-state index in [2.05, 4.69) is 4.74 Å². The Hall–Kier alpha value is -4.79. The van der Waals surface area contributed by atoms with Crippen LogP contribution in [0.25, 0.3) is 21.7 Å². The van der Waals surface area contributed by atoms with E-state index >= 15 is 0 Å². The second-order valence-electron chi connectivity index (χ2n) is 9.42. The fraction of sp³-hybridized carbons (Fsp3) is 0.161. The molecule has 204 valence electrons. The molecule has 9 heteroatoms. The van der Waals surface area contributed by atoms with Crippen LogP contribution in [0.4, 0.5) is 13.2 Å². The number of rotatable bonds is 7. The number of benzene rings is 4. The Kier molecular flexibility index (Phi) is 6.97. The maximum Gasteiger partial charge on any atom is 0.573 e. The molecule has 0 radical (unpaired) electrons. The molecule has 0 bridgehead atoms. The van der Waals surface area contributed by atoms with Crippen LogP contribution in [0.15, 0.2) is 84.9 Å². The fourth-order valence-electron chi connectivity index (χ4n) is 4.78. The second-order valence-corrected chi connectivity index (χ2v) is 9.42. The number of nitrogens with zero attached hydrogens (tertiary/aromatic N) is 1. The fourth-order valence-corrected chi connectivity index (χ4v) is 4.78. The standard InChI is InChI=1S/C31H24F3NO5/c1-18-26(15-20-6-5-9-24(14-20)39-19(2)30(37)38)27-17-25(40-31(32,33)34)12-13-28(27)35(18)29(36)23-11-10-21-7-3-4-8-22(21)16-23/h3-14,16-17,19H,15H2,1-2H3,(H,37,38). The minimum absolute atomic E-state index is 0.245. The van der Waals surface area contributed by atoms with E-state index in [1.807, 2.05) is 30.3 Å². The molecule has 1 unspecified atom stereocenters. The highest BCUT2D eigenvalue weighted by atomic mass is 19.4. The van der Waals surface area contributed by atoms with Gasteiger partial charge >= 0.3 is 12.3 Å². The number of carbonyl (C=O) groups is 2. The molecule has 1 aromatic heterocycles. The van der Waals surface area contributed by atoms with E-state index in [1.54, 1.807) is 43.3 Å². The summed E-state index contributed by atoms with van der Waals surface area (Å²) in [5.41, 5.74) is 2.77. The Labute approximate surface area is 227 Å². The summed E-state index contributed by atoms with van der Waals surface area (Å²) in [7, 11) is 0. The van der Waals surface area contributed by atoms with E-state index in [0.717, 1.165) is 16.3 Å². The van der Waals surface area contributed by atoms with Gasteiger partial charge in [-0.3, -0.25) is 9.36 Å². The first-order valence-electron chi connectivity index (χ1n) is 12.4. The highest BCUT2D eigenvalue weighted by Gasteiger charge is 2.31. The van der Waals surface area contributed by atoms with Gasteiger partial charge in [0, 0.05) is 16.6 Å². The molecule has 0 spiro atoms. The van der Waals surface area contributed by atoms with Crippen LogP contribution >= 0.6 is 0 Å². The molecular formula is C31H24F3NO5. The molecule has 1 N–H and O–H groups in total. The second kappa shape index (κ2) is 10.4. The summed E-state index contributed by atoms with van der Waals surface area (Å²) in [6.45, 7) is 3.15. The first-order chi connectivity index (χ1) is 19.0. The maximum absolute atomic E-state index is 13.8. The number of hydrogen-bond acceptors (Lipinski definition) is 4. The topological polar surface area (TPSA) is 77.8 Å². The van der Waals surface area contributed by atoms with E-state index in [0.29, 0.717) is 33.5 Å². The van der Waals surface area contributed by atoms with Gasteiger partial charge in [-0.2, -0.15) is 0 Å². The van der Waals surface area contributed by atoms with E-state index < -0.39 is 24.2 Å². The van der Waals surface area contributed by atoms with Crippen molar-refractivity contribution in [3.05, 3.63) is 107 Å². The van der Waals surface area contributed by atoms with Gasteiger partial charge in [-0.05, 0) is 84.6 Å². The molecule has 0 aliphatic rings. The molecule has 5 rings (SSSR count). The predicted octanol–water partition coefficient (Wildman–Crippen LogP) is 7.13. The molecule has 5 aromatic rings. The summed E-state index contributed by atoms with van der Waals surface area (Å²) in [6.07, 6.45) is -5.70. The minimum atomic E-state index is -4.88. The number of aliphatic carboxylic acids is 1. The number of halogens is 3. The molecule has 0 amide bonds. The van der Waals surface area contributed by atoms with Gasteiger partial charge in [-0.15, -0.1) is 13.2 Å². The van der Waals surface area contributed by atoms with Gasteiger partial charge in [0.25, 0.3) is 5.91 Å². The number of alkyl halides is 3. The largest absolute Gasteiger partial charge is 0.573 e. The summed E-state index contributed by atoms with van der Waals surface area (Å²) in [4.78, 5) is 25.0. The van der Waals surface area contributed by atoms with Crippen LogP contribution in [-0.2, 0) is 11.2 Å². The van der Waals surface area contributed by atoms with Crippen LogP contribution in [0.5, 0.6) is 11.5 Å². The molecule has 0 saturated heterocycles. The third-order valence-electron chi connectivity index (χ3n) is 6.68. The van der Waals surface area contributed by atoms with Crippen molar-refractivity contribution in [3.63, 3.8) is 0 Å². The molecule has 1 heterocycles. The van der Waals surface area contributed by atoms with Gasteiger partial charge in [0.1, 0.15) is 11.5 Å². The lowest BCUT2D eigenvalue weighted by atomic mass is 10.0. The number of carboxylic acids is 1. The third-order valence-corrected chi connectivity index (χ3v) is 6.68. The van der Waals surface area contributed by atoms with Crippen LogP contribution in [0.1, 0.15) is 34.1 Å². The zero-order chi connectivity index (χ0) is 28.6. The van der Waals surface area contributed by atoms with Crippen molar-refractivity contribution >= 4 is 33.6 Å². The Morgan fingerprint density at radius 1 is 0.900 bits per heavy atom. The van der Waals surface area contributed by atoms with Crippen LogP contribution in [0, 0.1) is 6.92 Å². The number of hydrogen-bond donors (Lipinski definition) is 1. The summed E-state index contributed by atoms with van der Waals surface area (Å²) in [6, 6.07) is 23.7. The molecule has 0 aliphatic heterocycles. The van der Waals surface area contributed by atoms with Crippen molar-refractivity contribution in [2.24, 2.45) is 0 Å². The van der Waals surface area contributed by atoms with Gasteiger partial charge < -0.3 is 14.6 Å². The normalized spacial score (nSPS) is 12.4. The summed E-state index contributed by atoms with van der Waals surface area (Å²) >= 11 is 0. The third kappa shape index (κ3) is 5.49. The van der Waals surface area contributed by atoms with Crippen molar-refractivity contribution < 1.29 is 37.3 Å². The van der Waals surface area contributed by atoms with Gasteiger partial charge in [-0.25, -0.2) is 4.79 Å². The first kappa shape index (κ1) is 26.8. The Morgan fingerprint density at radius 2 is 1.65 bits per heavy atom. The lowest BCUT2D eigenvalue weighted by Gasteiger charge is -2.12. The zero-order valence-corrected chi connectivity index (χ0v) is 21.5. The molecule has 40 heavy (non-hydrogen) atoms. The average Bonchev–Trinajstić information content (AvgIpc) is 3.17. The van der Waals surface area contributed by atoms with Crippen molar-refractivity contribution in [2.45, 2.75) is 32.7 Å². The van der Waals surface area contributed by atoms with Crippen molar-refractivity contribution in [3.8, 4) is 11.5 Å². The van der Waals surface area contributed by atoms with Crippen LogP contribution in [0.3, 0.4) is 0 Å². The number of fused-ring (bicyclic) bond motifs is 2. The number of carboxylic acid groups (broad SMARTS) is 1. The lowest BCUT2D eigenvalue weighted by molar-refractivity contribution is -0.274. The molecule has 0 saturated carbocycles. The van der Waals surface area contributed by atoms with Gasteiger partial charge in [0.15, 0.2) is 6.10 Å². The van der Waals surface area contributed by atoms with E-state index in [1.165, 1.54) is 29.7 Å². The summed E-state index contributed by atoms with van der Waals surface area (Å²) in [5.74, 6) is -1.50. The van der Waals surface area contributed by atoms with Crippen LogP contribution < -0.4 is 9.47 Å². The Morgan fingerprint density at radius 3 is 2.38 bits per heavy atom. The molecule has 6 nitrogen and oxygen atoms in total. The SMILES string of the molecule is Cc1c(Cc2cccc(OC(C)C(=O)O)c2)c2cc(OC(F)(F)F)ccc2n1C(=O)c1ccc2ccccc2c1. The molecule has 4 aromatic carbocycles. The van der Waals surface area contributed by atoms with Gasteiger partial charge in [0.2, 0.25) is 0 Å². The van der Waals surface area contributed by atoms with Crippen molar-refractivity contribution in [2.75, 3.05) is 0 Å². The van der Waals surface area contributed by atoms with Crippen molar-refractivity contribution in [1.29, 1.82) is 0 Å². The minimum Gasteiger partial charge on any atom is -0.479 e. The molecule has 0 aliphatic carbocycles. The quantitative estimate of drug-likeness (QED) is 0.235. The summed E-state index contributed by atoms with van der Waals surface area (Å²) < 4.78 is 50.2. The number of carbonyl (C=O) groups excluding carboxylic acids is 1.